The second-order valence-electron chi connectivity index (χ2n) is 8.43. The van der Waals surface area contributed by atoms with Crippen molar-refractivity contribution in [3.8, 4) is 0 Å². The Bertz CT molecular complexity index is 963. The number of hydrogen-bond donors (Lipinski definition) is 6. The molecule has 2 rings (SSSR count). The first-order valence-corrected chi connectivity index (χ1v) is 11.0. The van der Waals surface area contributed by atoms with Gasteiger partial charge in [0.15, 0.2) is 0 Å². The zero-order valence-corrected chi connectivity index (χ0v) is 19.4. The molecule has 1 aromatic heterocycles. The molecule has 11 nitrogen and oxygen atoms in total. The summed E-state index contributed by atoms with van der Waals surface area (Å²) in [7, 11) is 0. The van der Waals surface area contributed by atoms with Crippen LogP contribution in [0.1, 0.15) is 32.0 Å². The number of carbonyl (C=O) groups is 4. The molecule has 1 heterocycles. The van der Waals surface area contributed by atoms with E-state index in [1.165, 1.54) is 19.4 Å². The largest absolute Gasteiger partial charge is 0.480 e. The Labute approximate surface area is 197 Å². The summed E-state index contributed by atoms with van der Waals surface area (Å²) in [4.78, 5) is 56.6. The molecule has 0 aliphatic heterocycles. The van der Waals surface area contributed by atoms with Crippen LogP contribution in [0.2, 0.25) is 0 Å². The molecule has 4 atom stereocenters. The van der Waals surface area contributed by atoms with E-state index in [9.17, 15) is 19.2 Å². The zero-order valence-electron chi connectivity index (χ0n) is 19.4. The van der Waals surface area contributed by atoms with Crippen molar-refractivity contribution in [3.05, 3.63) is 54.1 Å². The third-order valence-corrected chi connectivity index (χ3v) is 5.28. The fourth-order valence-corrected chi connectivity index (χ4v) is 3.10. The van der Waals surface area contributed by atoms with Crippen molar-refractivity contribution in [2.75, 3.05) is 0 Å². The summed E-state index contributed by atoms with van der Waals surface area (Å²) in [6.07, 6.45) is 3.19. The lowest BCUT2D eigenvalue weighted by molar-refractivity contribution is -0.141. The summed E-state index contributed by atoms with van der Waals surface area (Å²) in [5.74, 6) is -3.12. The van der Waals surface area contributed by atoms with Gasteiger partial charge in [0.05, 0.1) is 12.4 Å². The number of carboxylic acids is 1. The molecule has 2 aromatic rings. The molecular formula is C23H32N6O5. The first kappa shape index (κ1) is 26.5. The molecule has 0 spiro atoms. The number of hydrogen-bond acceptors (Lipinski definition) is 6. The summed E-state index contributed by atoms with van der Waals surface area (Å²) in [6, 6.07) is 4.90. The van der Waals surface area contributed by atoms with Crippen molar-refractivity contribution in [2.45, 2.75) is 57.8 Å². The van der Waals surface area contributed by atoms with Gasteiger partial charge in [-0.05, 0) is 18.4 Å². The number of rotatable bonds is 12. The second kappa shape index (κ2) is 12.5. The second-order valence-corrected chi connectivity index (χ2v) is 8.43. The number of nitrogens with two attached hydrogens (primary N) is 1. The molecule has 0 bridgehead atoms. The van der Waals surface area contributed by atoms with E-state index < -0.39 is 47.9 Å². The summed E-state index contributed by atoms with van der Waals surface area (Å²) in [5, 5.41) is 16.8. The summed E-state index contributed by atoms with van der Waals surface area (Å²) in [6.45, 7) is 4.91. The van der Waals surface area contributed by atoms with E-state index in [2.05, 4.69) is 25.9 Å². The van der Waals surface area contributed by atoms with Crippen LogP contribution in [0.3, 0.4) is 0 Å². The molecule has 0 saturated heterocycles. The van der Waals surface area contributed by atoms with Crippen molar-refractivity contribution in [2.24, 2.45) is 11.7 Å². The zero-order chi connectivity index (χ0) is 25.3. The third-order valence-electron chi connectivity index (χ3n) is 5.28. The smallest absolute Gasteiger partial charge is 0.325 e. The molecule has 11 heteroatoms. The quantitative estimate of drug-likeness (QED) is 0.246. The van der Waals surface area contributed by atoms with E-state index in [1.54, 1.807) is 38.1 Å². The minimum atomic E-state index is -1.20. The number of aromatic nitrogens is 2. The topological polar surface area (TPSA) is 179 Å². The van der Waals surface area contributed by atoms with Crippen molar-refractivity contribution in [1.29, 1.82) is 0 Å². The van der Waals surface area contributed by atoms with E-state index in [-0.39, 0.29) is 18.8 Å². The number of nitrogens with zero attached hydrogens (tertiary/aromatic N) is 1. The number of H-pyrrole nitrogens is 1. The van der Waals surface area contributed by atoms with Crippen LogP contribution >= 0.6 is 0 Å². The molecule has 0 radical (unpaired) electrons. The number of benzene rings is 1. The number of aliphatic carboxylic acids is 1. The van der Waals surface area contributed by atoms with E-state index in [0.29, 0.717) is 5.69 Å². The lowest BCUT2D eigenvalue weighted by atomic mass is 10.0. The third kappa shape index (κ3) is 8.00. The van der Waals surface area contributed by atoms with Gasteiger partial charge in [0.2, 0.25) is 17.7 Å². The van der Waals surface area contributed by atoms with Gasteiger partial charge in [-0.25, -0.2) is 4.98 Å². The van der Waals surface area contributed by atoms with Gasteiger partial charge < -0.3 is 31.8 Å². The monoisotopic (exact) mass is 472 g/mol. The van der Waals surface area contributed by atoms with E-state index >= 15 is 0 Å². The number of nitrogens with one attached hydrogen (secondary N) is 4. The van der Waals surface area contributed by atoms with Gasteiger partial charge in [0, 0.05) is 24.7 Å². The van der Waals surface area contributed by atoms with Crippen LogP contribution in [0, 0.1) is 5.92 Å². The summed E-state index contributed by atoms with van der Waals surface area (Å²) >= 11 is 0. The van der Waals surface area contributed by atoms with Crippen LogP contribution in [-0.4, -0.2) is 62.9 Å². The molecule has 4 unspecified atom stereocenters. The predicted molar refractivity (Wildman–Crippen MR) is 124 cm³/mol. The highest BCUT2D eigenvalue weighted by molar-refractivity contribution is 5.94. The van der Waals surface area contributed by atoms with Gasteiger partial charge in [0.25, 0.3) is 0 Å². The van der Waals surface area contributed by atoms with E-state index in [1.807, 2.05) is 6.07 Å². The minimum absolute atomic E-state index is 0.0909. The maximum absolute atomic E-state index is 13.2. The highest BCUT2D eigenvalue weighted by Gasteiger charge is 2.30. The first-order chi connectivity index (χ1) is 16.1. The van der Waals surface area contributed by atoms with Gasteiger partial charge >= 0.3 is 5.97 Å². The van der Waals surface area contributed by atoms with E-state index in [0.717, 1.165) is 5.56 Å². The van der Waals surface area contributed by atoms with Crippen molar-refractivity contribution < 1.29 is 24.3 Å². The molecular weight excluding hydrogens is 440 g/mol. The summed E-state index contributed by atoms with van der Waals surface area (Å²) < 4.78 is 0. The number of carboxylic acid groups (broad SMARTS) is 1. The fourth-order valence-electron chi connectivity index (χ4n) is 3.10. The van der Waals surface area contributed by atoms with Crippen LogP contribution in [0.4, 0.5) is 0 Å². The van der Waals surface area contributed by atoms with Crippen LogP contribution in [0.15, 0.2) is 42.9 Å². The Morgan fingerprint density at radius 1 is 0.941 bits per heavy atom. The Kier molecular flexibility index (Phi) is 9.75. The first-order valence-electron chi connectivity index (χ1n) is 11.0. The molecule has 7 N–H and O–H groups in total. The molecule has 3 amide bonds. The van der Waals surface area contributed by atoms with Crippen molar-refractivity contribution in [1.82, 2.24) is 25.9 Å². The summed E-state index contributed by atoms with van der Waals surface area (Å²) in [5.41, 5.74) is 7.30. The molecule has 0 aliphatic rings. The number of aromatic amines is 1. The number of amides is 3. The Balaban J connectivity index is 2.24. The lowest BCUT2D eigenvalue weighted by Gasteiger charge is -2.25. The lowest BCUT2D eigenvalue weighted by Crippen LogP contribution is -2.58. The predicted octanol–water partition coefficient (Wildman–Crippen LogP) is -0.263. The highest BCUT2D eigenvalue weighted by Crippen LogP contribution is 2.07. The molecule has 184 valence electrons. The average molecular weight is 473 g/mol. The van der Waals surface area contributed by atoms with Crippen molar-refractivity contribution in [3.63, 3.8) is 0 Å². The normalized spacial score (nSPS) is 14.5. The Morgan fingerprint density at radius 2 is 1.53 bits per heavy atom. The molecule has 1 aromatic carbocycles. The maximum Gasteiger partial charge on any atom is 0.325 e. The van der Waals surface area contributed by atoms with Gasteiger partial charge in [-0.3, -0.25) is 19.2 Å². The minimum Gasteiger partial charge on any atom is -0.480 e. The average Bonchev–Trinajstić information content (AvgIpc) is 3.31. The van der Waals surface area contributed by atoms with Crippen LogP contribution in [0.25, 0.3) is 0 Å². The molecule has 0 fully saturated rings. The maximum atomic E-state index is 13.2. The fraction of sp³-hybridized carbons (Fsp3) is 0.435. The number of imidazole rings is 1. The van der Waals surface area contributed by atoms with E-state index in [4.69, 9.17) is 10.8 Å². The molecule has 34 heavy (non-hydrogen) atoms. The van der Waals surface area contributed by atoms with Gasteiger partial charge in [-0.15, -0.1) is 0 Å². The van der Waals surface area contributed by atoms with Crippen LogP contribution < -0.4 is 21.7 Å². The van der Waals surface area contributed by atoms with Crippen molar-refractivity contribution >= 4 is 23.7 Å². The highest BCUT2D eigenvalue weighted by atomic mass is 16.4. The number of carbonyl (C=O) groups excluding carboxylic acids is 3. The Morgan fingerprint density at radius 3 is 2.09 bits per heavy atom. The van der Waals surface area contributed by atoms with Gasteiger partial charge in [-0.2, -0.15) is 0 Å². The van der Waals surface area contributed by atoms with Crippen LogP contribution in [0.5, 0.6) is 0 Å². The van der Waals surface area contributed by atoms with Gasteiger partial charge in [0.1, 0.15) is 18.1 Å². The SMILES string of the molecule is CC(NC(=O)C(Cc1ccccc1)NC(=O)C(Cc1cnc[nH]1)NC(=O)C(N)C(C)C)C(=O)O. The molecule has 0 aliphatic carbocycles. The Hall–Kier alpha value is -3.73. The standard InChI is InChI=1S/C23H32N6O5/c1-13(2)19(24)22(32)29-18(10-16-11-25-12-26-16)21(31)28-17(9-15-7-5-4-6-8-15)20(30)27-14(3)23(33)34/h4-8,11-14,17-19H,9-10,24H2,1-3H3,(H,25,26)(H,27,30)(H,28,31)(H,29,32)(H,33,34). The van der Waals surface area contributed by atoms with Gasteiger partial charge in [-0.1, -0.05) is 44.2 Å². The van der Waals surface area contributed by atoms with Crippen LogP contribution in [-0.2, 0) is 32.0 Å². The molecule has 0 saturated carbocycles.